The number of piperidine rings is 1. The first kappa shape index (κ1) is 18.1. The van der Waals surface area contributed by atoms with Crippen LogP contribution in [0.2, 0.25) is 0 Å². The number of carbonyl (C=O) groups is 2. The van der Waals surface area contributed by atoms with Gasteiger partial charge in [0.15, 0.2) is 0 Å². The first-order valence-corrected chi connectivity index (χ1v) is 8.38. The molecule has 1 aromatic rings. The van der Waals surface area contributed by atoms with Crippen LogP contribution in [0.25, 0.3) is 0 Å². The Kier molecular flexibility index (Phi) is 6.46. The van der Waals surface area contributed by atoms with Crippen LogP contribution >= 0.6 is 0 Å². The van der Waals surface area contributed by atoms with E-state index < -0.39 is 0 Å². The van der Waals surface area contributed by atoms with Gasteiger partial charge in [-0.05, 0) is 37.0 Å². The van der Waals surface area contributed by atoms with Crippen molar-refractivity contribution in [1.82, 2.24) is 15.1 Å². The van der Waals surface area contributed by atoms with Crippen molar-refractivity contribution in [3.05, 3.63) is 29.8 Å². The maximum absolute atomic E-state index is 12.4. The third-order valence-corrected chi connectivity index (χ3v) is 4.29. The Bertz CT molecular complexity index is 574. The minimum atomic E-state index is -0.118. The second-order valence-electron chi connectivity index (χ2n) is 6.35. The summed E-state index contributed by atoms with van der Waals surface area (Å²) >= 11 is 0. The Morgan fingerprint density at radius 1 is 1.38 bits per heavy atom. The molecule has 3 amide bonds. The number of benzene rings is 1. The highest BCUT2D eigenvalue weighted by atomic mass is 16.5. The van der Waals surface area contributed by atoms with Gasteiger partial charge in [-0.3, -0.25) is 4.79 Å². The molecule has 0 saturated carbocycles. The van der Waals surface area contributed by atoms with E-state index in [1.54, 1.807) is 31.0 Å². The highest BCUT2D eigenvalue weighted by molar-refractivity contribution is 5.80. The van der Waals surface area contributed by atoms with Gasteiger partial charge in [0.25, 0.3) is 0 Å². The molecular formula is C18H27N3O3. The van der Waals surface area contributed by atoms with Gasteiger partial charge in [0.05, 0.1) is 13.0 Å². The fourth-order valence-electron chi connectivity index (χ4n) is 2.95. The highest BCUT2D eigenvalue weighted by Gasteiger charge is 2.28. The van der Waals surface area contributed by atoms with E-state index in [4.69, 9.17) is 4.74 Å². The number of likely N-dealkylation sites (tertiary alicyclic amines) is 1. The number of rotatable bonds is 5. The topological polar surface area (TPSA) is 61.9 Å². The first-order chi connectivity index (χ1) is 11.5. The molecule has 0 radical (unpaired) electrons. The fraction of sp³-hybridized carbons (Fsp3) is 0.556. The zero-order valence-corrected chi connectivity index (χ0v) is 14.7. The van der Waals surface area contributed by atoms with E-state index in [2.05, 4.69) is 5.32 Å². The predicted molar refractivity (Wildman–Crippen MR) is 93.1 cm³/mol. The quantitative estimate of drug-likeness (QED) is 0.893. The number of ether oxygens (including phenoxy) is 1. The van der Waals surface area contributed by atoms with Crippen LogP contribution in [0, 0.1) is 5.92 Å². The van der Waals surface area contributed by atoms with Crippen molar-refractivity contribution in [3.8, 4) is 5.75 Å². The summed E-state index contributed by atoms with van der Waals surface area (Å²) in [5.41, 5.74) is 1.13. The minimum absolute atomic E-state index is 0.0242. The zero-order valence-electron chi connectivity index (χ0n) is 14.7. The molecule has 24 heavy (non-hydrogen) atoms. The molecular weight excluding hydrogens is 306 g/mol. The Morgan fingerprint density at radius 2 is 2.17 bits per heavy atom. The number of amides is 3. The van der Waals surface area contributed by atoms with Crippen LogP contribution in [-0.4, -0.2) is 62.6 Å². The summed E-state index contributed by atoms with van der Waals surface area (Å²) in [6.07, 6.45) is 2.46. The molecule has 1 aliphatic rings. The molecule has 1 N–H and O–H groups in total. The molecule has 0 unspecified atom stereocenters. The molecule has 6 nitrogen and oxygen atoms in total. The van der Waals surface area contributed by atoms with Crippen molar-refractivity contribution < 1.29 is 14.3 Å². The monoisotopic (exact) mass is 333 g/mol. The molecule has 1 atom stereocenters. The summed E-state index contributed by atoms with van der Waals surface area (Å²) < 4.78 is 5.20. The molecule has 132 valence electrons. The highest BCUT2D eigenvalue weighted by Crippen LogP contribution is 2.18. The molecule has 1 saturated heterocycles. The molecule has 2 rings (SSSR count). The molecule has 1 heterocycles. The lowest BCUT2D eigenvalue weighted by Crippen LogP contribution is -2.48. The van der Waals surface area contributed by atoms with E-state index in [1.165, 1.54) is 0 Å². The zero-order chi connectivity index (χ0) is 17.5. The van der Waals surface area contributed by atoms with Crippen LogP contribution in [0.15, 0.2) is 24.3 Å². The van der Waals surface area contributed by atoms with E-state index >= 15 is 0 Å². The fourth-order valence-corrected chi connectivity index (χ4v) is 2.95. The standard InChI is InChI=1S/C18H27N3O3/c1-20(2)18(23)21-11-5-7-15(13-21)17(22)19-10-9-14-6-4-8-16(12-14)24-3/h4,6,8,12,15H,5,7,9-11,13H2,1-3H3,(H,19,22)/t15-/m1/s1. The van der Waals surface area contributed by atoms with Crippen LogP contribution in [-0.2, 0) is 11.2 Å². The molecule has 0 aliphatic carbocycles. The predicted octanol–water partition coefficient (Wildman–Crippen LogP) is 1.75. The van der Waals surface area contributed by atoms with Gasteiger partial charge in [-0.2, -0.15) is 0 Å². The van der Waals surface area contributed by atoms with Crippen molar-refractivity contribution in [3.63, 3.8) is 0 Å². The maximum atomic E-state index is 12.4. The number of methoxy groups -OCH3 is 1. The van der Waals surface area contributed by atoms with Crippen molar-refractivity contribution in [2.75, 3.05) is 40.8 Å². The lowest BCUT2D eigenvalue weighted by atomic mass is 9.97. The van der Waals surface area contributed by atoms with E-state index in [1.807, 2.05) is 24.3 Å². The van der Waals surface area contributed by atoms with Crippen LogP contribution < -0.4 is 10.1 Å². The first-order valence-electron chi connectivity index (χ1n) is 8.38. The third-order valence-electron chi connectivity index (χ3n) is 4.29. The van der Waals surface area contributed by atoms with Crippen LogP contribution in [0.1, 0.15) is 18.4 Å². The molecule has 1 aromatic carbocycles. The average Bonchev–Trinajstić information content (AvgIpc) is 2.61. The summed E-state index contributed by atoms with van der Waals surface area (Å²) in [7, 11) is 5.12. The van der Waals surface area contributed by atoms with Gasteiger partial charge in [0.2, 0.25) is 5.91 Å². The van der Waals surface area contributed by atoms with Gasteiger partial charge < -0.3 is 19.9 Å². The Balaban J connectivity index is 1.80. The van der Waals surface area contributed by atoms with Gasteiger partial charge in [-0.15, -0.1) is 0 Å². The van der Waals surface area contributed by atoms with Gasteiger partial charge >= 0.3 is 6.03 Å². The lowest BCUT2D eigenvalue weighted by molar-refractivity contribution is -0.126. The van der Waals surface area contributed by atoms with Gasteiger partial charge in [0, 0.05) is 33.7 Å². The SMILES string of the molecule is COc1cccc(CCNC(=O)[C@@H]2CCCN(C(=O)N(C)C)C2)c1. The number of nitrogens with zero attached hydrogens (tertiary/aromatic N) is 2. The number of hydrogen-bond acceptors (Lipinski definition) is 3. The number of urea groups is 1. The van der Waals surface area contributed by atoms with Gasteiger partial charge in [-0.1, -0.05) is 12.1 Å². The molecule has 6 heteroatoms. The van der Waals surface area contributed by atoms with E-state index in [0.717, 1.165) is 37.1 Å². The molecule has 0 spiro atoms. The van der Waals surface area contributed by atoms with Gasteiger partial charge in [-0.25, -0.2) is 4.79 Å². The van der Waals surface area contributed by atoms with Crippen molar-refractivity contribution in [1.29, 1.82) is 0 Å². The van der Waals surface area contributed by atoms with Crippen LogP contribution in [0.3, 0.4) is 0 Å². The largest absolute Gasteiger partial charge is 0.497 e. The van der Waals surface area contributed by atoms with E-state index in [9.17, 15) is 9.59 Å². The minimum Gasteiger partial charge on any atom is -0.497 e. The summed E-state index contributed by atoms with van der Waals surface area (Å²) in [5.74, 6) is 0.742. The number of carbonyl (C=O) groups excluding carboxylic acids is 2. The Labute approximate surface area is 143 Å². The normalized spacial score (nSPS) is 17.3. The summed E-state index contributed by atoms with van der Waals surface area (Å²) in [5, 5.41) is 3.00. The third kappa shape index (κ3) is 4.88. The second kappa shape index (κ2) is 8.57. The van der Waals surface area contributed by atoms with Crippen molar-refractivity contribution in [2.24, 2.45) is 5.92 Å². The molecule has 1 fully saturated rings. The van der Waals surface area contributed by atoms with Gasteiger partial charge in [0.1, 0.15) is 5.75 Å². The molecule has 1 aliphatic heterocycles. The van der Waals surface area contributed by atoms with E-state index in [0.29, 0.717) is 13.1 Å². The molecule has 0 aromatic heterocycles. The lowest BCUT2D eigenvalue weighted by Gasteiger charge is -2.33. The number of hydrogen-bond donors (Lipinski definition) is 1. The maximum Gasteiger partial charge on any atom is 0.319 e. The van der Waals surface area contributed by atoms with E-state index in [-0.39, 0.29) is 17.9 Å². The summed E-state index contributed by atoms with van der Waals surface area (Å²) in [4.78, 5) is 27.7. The van der Waals surface area contributed by atoms with Crippen LogP contribution in [0.5, 0.6) is 5.75 Å². The second-order valence-corrected chi connectivity index (χ2v) is 6.35. The smallest absolute Gasteiger partial charge is 0.319 e. The Morgan fingerprint density at radius 3 is 2.88 bits per heavy atom. The summed E-state index contributed by atoms with van der Waals surface area (Å²) in [6.45, 7) is 1.82. The molecule has 0 bridgehead atoms. The average molecular weight is 333 g/mol. The number of nitrogens with one attached hydrogen (secondary N) is 1. The van der Waals surface area contributed by atoms with Crippen molar-refractivity contribution >= 4 is 11.9 Å². The van der Waals surface area contributed by atoms with Crippen LogP contribution in [0.4, 0.5) is 4.79 Å². The van der Waals surface area contributed by atoms with Crippen molar-refractivity contribution in [2.45, 2.75) is 19.3 Å². The summed E-state index contributed by atoms with van der Waals surface area (Å²) in [6, 6.07) is 7.82. The Hall–Kier alpha value is -2.24.